The number of rotatable bonds is 10. The van der Waals surface area contributed by atoms with Gasteiger partial charge in [-0.3, -0.25) is 19.3 Å². The van der Waals surface area contributed by atoms with Crippen molar-refractivity contribution in [2.75, 3.05) is 18.5 Å². The first kappa shape index (κ1) is 27.7. The van der Waals surface area contributed by atoms with Gasteiger partial charge >= 0.3 is 5.97 Å². The predicted octanol–water partition coefficient (Wildman–Crippen LogP) is 5.02. The summed E-state index contributed by atoms with van der Waals surface area (Å²) < 4.78 is 11.0. The molecule has 8 heteroatoms. The number of nitrogens with zero attached hydrogens (tertiary/aromatic N) is 1. The summed E-state index contributed by atoms with van der Waals surface area (Å²) in [4.78, 5) is 55.7. The van der Waals surface area contributed by atoms with E-state index in [1.165, 1.54) is 0 Å². The van der Waals surface area contributed by atoms with Crippen LogP contribution in [0.5, 0.6) is 5.75 Å². The standard InChI is InChI=1S/C34H34N2O6/c1-3-5-17-25(34(40)42-19-27(37)35-24-16-10-11-18-26(24)41-4-2)36-32(38)30-28-20-12-6-7-13-21(20)29(31(30)33(36)39)23-15-9-8-14-22(23)28/h6-16,18,25,28-31H,3-5,17,19H2,1-2H3,(H,35,37)/t25-,28?,29?,30-,31+/m0/s1. The maximum absolute atomic E-state index is 14.2. The third kappa shape index (κ3) is 4.55. The molecule has 0 unspecified atom stereocenters. The fraction of sp³-hybridized carbons (Fsp3) is 0.353. The zero-order valence-corrected chi connectivity index (χ0v) is 23.7. The van der Waals surface area contributed by atoms with Crippen molar-refractivity contribution in [3.8, 4) is 5.75 Å². The lowest BCUT2D eigenvalue weighted by atomic mass is 9.55. The van der Waals surface area contributed by atoms with Crippen molar-refractivity contribution in [2.45, 2.75) is 51.0 Å². The van der Waals surface area contributed by atoms with Gasteiger partial charge in [-0.25, -0.2) is 4.79 Å². The Morgan fingerprint density at radius 3 is 1.86 bits per heavy atom. The second kappa shape index (κ2) is 11.4. The molecular formula is C34H34N2O6. The van der Waals surface area contributed by atoms with Gasteiger partial charge in [0.05, 0.1) is 24.1 Å². The molecule has 7 rings (SSSR count). The maximum Gasteiger partial charge on any atom is 0.329 e. The Morgan fingerprint density at radius 1 is 0.810 bits per heavy atom. The average molecular weight is 567 g/mol. The van der Waals surface area contributed by atoms with Gasteiger partial charge in [-0.05, 0) is 47.7 Å². The fourth-order valence-electron chi connectivity index (χ4n) is 7.03. The largest absolute Gasteiger partial charge is 0.492 e. The van der Waals surface area contributed by atoms with E-state index in [1.807, 2.05) is 62.4 Å². The number of anilines is 1. The van der Waals surface area contributed by atoms with Gasteiger partial charge in [-0.2, -0.15) is 0 Å². The molecule has 0 aromatic heterocycles. The van der Waals surface area contributed by atoms with E-state index in [4.69, 9.17) is 9.47 Å². The van der Waals surface area contributed by atoms with Crippen molar-refractivity contribution in [3.63, 3.8) is 0 Å². The predicted molar refractivity (Wildman–Crippen MR) is 156 cm³/mol. The van der Waals surface area contributed by atoms with Crippen molar-refractivity contribution >= 4 is 29.4 Å². The highest BCUT2D eigenvalue weighted by Gasteiger charge is 2.63. The number of carbonyl (C=O) groups excluding carboxylic acids is 4. The number of esters is 1. The molecule has 42 heavy (non-hydrogen) atoms. The number of hydrogen-bond donors (Lipinski definition) is 1. The van der Waals surface area contributed by atoms with Gasteiger partial charge in [-0.15, -0.1) is 0 Å². The second-order valence-electron chi connectivity index (χ2n) is 11.1. The van der Waals surface area contributed by atoms with Crippen molar-refractivity contribution in [3.05, 3.63) is 95.1 Å². The van der Waals surface area contributed by atoms with Gasteiger partial charge in [0.1, 0.15) is 11.8 Å². The Morgan fingerprint density at radius 2 is 1.33 bits per heavy atom. The van der Waals surface area contributed by atoms with Gasteiger partial charge < -0.3 is 14.8 Å². The first-order valence-electron chi connectivity index (χ1n) is 14.7. The molecule has 0 saturated carbocycles. The number of para-hydroxylation sites is 2. The van der Waals surface area contributed by atoms with Crippen LogP contribution in [0.1, 0.15) is 67.2 Å². The van der Waals surface area contributed by atoms with Gasteiger partial charge in [0.15, 0.2) is 6.61 Å². The summed E-state index contributed by atoms with van der Waals surface area (Å²) in [5.41, 5.74) is 4.75. The Balaban J connectivity index is 1.24. The lowest BCUT2D eigenvalue weighted by Gasteiger charge is -2.45. The van der Waals surface area contributed by atoms with Crippen LogP contribution in [0, 0.1) is 11.8 Å². The smallest absolute Gasteiger partial charge is 0.329 e. The van der Waals surface area contributed by atoms with Crippen LogP contribution in [0.25, 0.3) is 0 Å². The zero-order chi connectivity index (χ0) is 29.4. The van der Waals surface area contributed by atoms with E-state index < -0.39 is 36.4 Å². The van der Waals surface area contributed by atoms with Crippen LogP contribution in [-0.2, 0) is 23.9 Å². The van der Waals surface area contributed by atoms with Gasteiger partial charge in [0.2, 0.25) is 11.8 Å². The van der Waals surface area contributed by atoms with E-state index in [0.29, 0.717) is 24.5 Å². The van der Waals surface area contributed by atoms with Crippen LogP contribution in [-0.4, -0.2) is 47.8 Å². The lowest BCUT2D eigenvalue weighted by Crippen LogP contribution is -2.47. The van der Waals surface area contributed by atoms with Crippen LogP contribution in [0.15, 0.2) is 72.8 Å². The van der Waals surface area contributed by atoms with Crippen molar-refractivity contribution in [2.24, 2.45) is 11.8 Å². The van der Waals surface area contributed by atoms with Crippen LogP contribution in [0.4, 0.5) is 5.69 Å². The summed E-state index contributed by atoms with van der Waals surface area (Å²) in [6.07, 6.45) is 1.66. The van der Waals surface area contributed by atoms with E-state index in [1.54, 1.807) is 24.3 Å². The van der Waals surface area contributed by atoms with Gasteiger partial charge in [-0.1, -0.05) is 80.4 Å². The first-order valence-corrected chi connectivity index (χ1v) is 14.7. The highest BCUT2D eigenvalue weighted by molar-refractivity contribution is 6.10. The van der Waals surface area contributed by atoms with Crippen molar-refractivity contribution in [1.82, 2.24) is 4.90 Å². The van der Waals surface area contributed by atoms with E-state index in [2.05, 4.69) is 5.32 Å². The number of nitrogens with one attached hydrogen (secondary N) is 1. The van der Waals surface area contributed by atoms with Crippen LogP contribution < -0.4 is 10.1 Å². The van der Waals surface area contributed by atoms with Crippen LogP contribution >= 0.6 is 0 Å². The van der Waals surface area contributed by atoms with E-state index >= 15 is 0 Å². The monoisotopic (exact) mass is 566 g/mol. The number of hydrogen-bond acceptors (Lipinski definition) is 6. The minimum atomic E-state index is -1.09. The van der Waals surface area contributed by atoms with Crippen molar-refractivity contribution < 1.29 is 28.7 Å². The summed E-state index contributed by atoms with van der Waals surface area (Å²) in [5, 5.41) is 2.71. The number of imide groups is 1. The molecule has 1 aliphatic heterocycles. The highest BCUT2D eigenvalue weighted by atomic mass is 16.5. The molecule has 3 aliphatic carbocycles. The maximum atomic E-state index is 14.2. The summed E-state index contributed by atoms with van der Waals surface area (Å²) in [6.45, 7) is 3.70. The molecule has 1 heterocycles. The van der Waals surface area contributed by atoms with E-state index in [9.17, 15) is 19.2 Å². The summed E-state index contributed by atoms with van der Waals surface area (Å²) >= 11 is 0. The molecule has 8 nitrogen and oxygen atoms in total. The molecular weight excluding hydrogens is 532 g/mol. The fourth-order valence-corrected chi connectivity index (χ4v) is 7.03. The molecule has 0 spiro atoms. The quantitative estimate of drug-likeness (QED) is 0.273. The van der Waals surface area contributed by atoms with Crippen molar-refractivity contribution in [1.29, 1.82) is 0 Å². The molecule has 0 radical (unpaired) electrons. The summed E-state index contributed by atoms with van der Waals surface area (Å²) in [5.74, 6) is -3.13. The average Bonchev–Trinajstić information content (AvgIpc) is 3.27. The van der Waals surface area contributed by atoms with Crippen LogP contribution in [0.3, 0.4) is 0 Å². The number of ether oxygens (including phenoxy) is 2. The highest BCUT2D eigenvalue weighted by Crippen LogP contribution is 2.61. The van der Waals surface area contributed by atoms with Gasteiger partial charge in [0.25, 0.3) is 5.91 Å². The Kier molecular flexibility index (Phi) is 7.54. The number of carbonyl (C=O) groups is 4. The number of unbranched alkanes of at least 4 members (excludes halogenated alkanes) is 1. The molecule has 1 saturated heterocycles. The Labute approximate surface area is 245 Å². The summed E-state index contributed by atoms with van der Waals surface area (Å²) in [7, 11) is 0. The minimum absolute atomic E-state index is 0.257. The molecule has 3 amide bonds. The molecule has 3 aromatic carbocycles. The lowest BCUT2D eigenvalue weighted by molar-refractivity contribution is -0.160. The molecule has 2 bridgehead atoms. The number of likely N-dealkylation sites (tertiary alicyclic amines) is 1. The molecule has 1 fully saturated rings. The number of amides is 3. The van der Waals surface area contributed by atoms with E-state index in [0.717, 1.165) is 33.6 Å². The normalized spacial score (nSPS) is 22.2. The Bertz CT molecular complexity index is 1430. The SMILES string of the molecule is CCCC[C@@H](C(=O)OCC(=O)Nc1ccccc1OCC)N1C(=O)[C@@H]2C3c4ccccc4C(c4ccccc43)[C@@H]2C1=O. The Hall–Kier alpha value is -4.46. The molecule has 216 valence electrons. The zero-order valence-electron chi connectivity index (χ0n) is 23.7. The van der Waals surface area contributed by atoms with Gasteiger partial charge in [0, 0.05) is 11.8 Å². The van der Waals surface area contributed by atoms with Crippen LogP contribution in [0.2, 0.25) is 0 Å². The topological polar surface area (TPSA) is 102 Å². The third-order valence-electron chi connectivity index (χ3n) is 8.70. The van der Waals surface area contributed by atoms with E-state index in [-0.39, 0.29) is 30.1 Å². The first-order chi connectivity index (χ1) is 20.5. The molecule has 3 aromatic rings. The second-order valence-corrected chi connectivity index (χ2v) is 11.1. The number of benzene rings is 3. The minimum Gasteiger partial charge on any atom is -0.492 e. The molecule has 1 N–H and O–H groups in total. The third-order valence-corrected chi connectivity index (χ3v) is 8.70. The molecule has 4 aliphatic rings. The molecule has 3 atom stereocenters. The summed E-state index contributed by atoms with van der Waals surface area (Å²) in [6, 6.07) is 22.0.